The molecule has 0 saturated heterocycles. The molecule has 0 aliphatic carbocycles. The van der Waals surface area contributed by atoms with Gasteiger partial charge in [0, 0.05) is 10.7 Å². The van der Waals surface area contributed by atoms with Gasteiger partial charge >= 0.3 is 0 Å². The van der Waals surface area contributed by atoms with Crippen LogP contribution in [0, 0.1) is 0 Å². The zero-order chi connectivity index (χ0) is 13.7. The largest absolute Gasteiger partial charge is 0.489 e. The summed E-state index contributed by atoms with van der Waals surface area (Å²) >= 11 is 0. The van der Waals surface area contributed by atoms with Crippen LogP contribution >= 0.6 is 10.7 Å². The first-order valence-electron chi connectivity index (χ1n) is 5.71. The fourth-order valence-electron chi connectivity index (χ4n) is 1.62. The van der Waals surface area contributed by atoms with Crippen molar-refractivity contribution in [3.05, 3.63) is 65.7 Å². The molecule has 2 aromatic carbocycles. The maximum Gasteiger partial charge on any atom is 0.236 e. The van der Waals surface area contributed by atoms with Gasteiger partial charge in [0.2, 0.25) is 9.05 Å². The molecule has 0 amide bonds. The van der Waals surface area contributed by atoms with Crippen molar-refractivity contribution in [1.82, 2.24) is 0 Å². The number of halogens is 1. The van der Waals surface area contributed by atoms with Crippen LogP contribution in [-0.4, -0.2) is 8.42 Å². The fourth-order valence-corrected chi connectivity index (χ4v) is 2.59. The molecular weight excluding hydrogens is 284 g/mol. The van der Waals surface area contributed by atoms with E-state index in [0.29, 0.717) is 17.9 Å². The molecule has 2 aromatic rings. The molecule has 100 valence electrons. The molecule has 0 aliphatic rings. The summed E-state index contributed by atoms with van der Waals surface area (Å²) in [4.78, 5) is 0. The van der Waals surface area contributed by atoms with Crippen LogP contribution in [0.5, 0.6) is 5.75 Å². The molecule has 0 radical (unpaired) electrons. The molecule has 0 aromatic heterocycles. The summed E-state index contributed by atoms with van der Waals surface area (Å²) in [7, 11) is 1.68. The van der Waals surface area contributed by atoms with Gasteiger partial charge in [-0.05, 0) is 23.3 Å². The number of ether oxygens (including phenoxy) is 1. The molecule has 0 heterocycles. The van der Waals surface area contributed by atoms with Gasteiger partial charge in [-0.15, -0.1) is 0 Å². The monoisotopic (exact) mass is 296 g/mol. The van der Waals surface area contributed by atoms with Crippen molar-refractivity contribution in [2.45, 2.75) is 12.4 Å². The van der Waals surface area contributed by atoms with Crippen molar-refractivity contribution in [3.63, 3.8) is 0 Å². The van der Waals surface area contributed by atoms with Crippen molar-refractivity contribution in [3.8, 4) is 5.75 Å². The summed E-state index contributed by atoms with van der Waals surface area (Å²) in [5.41, 5.74) is 1.72. The lowest BCUT2D eigenvalue weighted by Gasteiger charge is -2.06. The summed E-state index contributed by atoms with van der Waals surface area (Å²) in [5.74, 6) is 0.521. The van der Waals surface area contributed by atoms with E-state index in [4.69, 9.17) is 15.4 Å². The van der Waals surface area contributed by atoms with Gasteiger partial charge in [0.15, 0.2) is 0 Å². The average Bonchev–Trinajstić information content (AvgIpc) is 2.37. The van der Waals surface area contributed by atoms with Crippen LogP contribution in [0.1, 0.15) is 11.1 Å². The molecule has 0 N–H and O–H groups in total. The molecule has 0 fully saturated rings. The molecule has 0 bridgehead atoms. The summed E-state index contributed by atoms with van der Waals surface area (Å²) in [5, 5.41) is 0. The van der Waals surface area contributed by atoms with Gasteiger partial charge < -0.3 is 4.74 Å². The van der Waals surface area contributed by atoms with E-state index in [9.17, 15) is 8.42 Å². The first kappa shape index (κ1) is 13.9. The van der Waals surface area contributed by atoms with Crippen LogP contribution in [0.15, 0.2) is 54.6 Å². The smallest absolute Gasteiger partial charge is 0.236 e. The Morgan fingerprint density at radius 2 is 1.53 bits per heavy atom. The summed E-state index contributed by atoms with van der Waals surface area (Å²) in [6.45, 7) is 0.480. The molecular formula is C14H13ClO3S. The predicted molar refractivity (Wildman–Crippen MR) is 75.7 cm³/mol. The molecule has 0 atom stereocenters. The van der Waals surface area contributed by atoms with Crippen molar-refractivity contribution in [1.29, 1.82) is 0 Å². The maximum atomic E-state index is 10.9. The van der Waals surface area contributed by atoms with Crippen LogP contribution in [-0.2, 0) is 21.4 Å². The van der Waals surface area contributed by atoms with Crippen LogP contribution in [0.2, 0.25) is 0 Å². The van der Waals surface area contributed by atoms with Crippen molar-refractivity contribution >= 4 is 19.7 Å². The summed E-state index contributed by atoms with van der Waals surface area (Å²) in [6.07, 6.45) is 0. The molecule has 2 rings (SSSR count). The number of hydrogen-bond acceptors (Lipinski definition) is 3. The fraction of sp³-hybridized carbons (Fsp3) is 0.143. The lowest BCUT2D eigenvalue weighted by Crippen LogP contribution is -1.97. The van der Waals surface area contributed by atoms with E-state index in [1.54, 1.807) is 24.3 Å². The van der Waals surface area contributed by atoms with E-state index in [2.05, 4.69) is 0 Å². The van der Waals surface area contributed by atoms with Gasteiger partial charge in [0.05, 0.1) is 5.75 Å². The highest BCUT2D eigenvalue weighted by molar-refractivity contribution is 8.13. The summed E-state index contributed by atoms with van der Waals surface area (Å²) < 4.78 is 27.5. The molecule has 0 aliphatic heterocycles. The minimum atomic E-state index is -3.51. The van der Waals surface area contributed by atoms with Crippen LogP contribution in [0.25, 0.3) is 0 Å². The molecule has 3 nitrogen and oxygen atoms in total. The first-order valence-corrected chi connectivity index (χ1v) is 8.19. The predicted octanol–water partition coefficient (Wildman–Crippen LogP) is 3.33. The van der Waals surface area contributed by atoms with Gasteiger partial charge in [-0.3, -0.25) is 0 Å². The van der Waals surface area contributed by atoms with E-state index in [-0.39, 0.29) is 5.75 Å². The maximum absolute atomic E-state index is 10.9. The normalized spacial score (nSPS) is 11.2. The van der Waals surface area contributed by atoms with E-state index >= 15 is 0 Å². The van der Waals surface area contributed by atoms with Crippen molar-refractivity contribution in [2.75, 3.05) is 0 Å². The van der Waals surface area contributed by atoms with Crippen molar-refractivity contribution in [2.24, 2.45) is 0 Å². The van der Waals surface area contributed by atoms with E-state index in [1.807, 2.05) is 30.3 Å². The lowest BCUT2D eigenvalue weighted by atomic mass is 10.2. The van der Waals surface area contributed by atoms with Crippen LogP contribution < -0.4 is 4.74 Å². The zero-order valence-corrected chi connectivity index (χ0v) is 11.7. The Morgan fingerprint density at radius 1 is 0.895 bits per heavy atom. The molecule has 0 unspecified atom stereocenters. The Labute approximate surface area is 117 Å². The highest BCUT2D eigenvalue weighted by Crippen LogP contribution is 2.16. The van der Waals surface area contributed by atoms with Gasteiger partial charge in [-0.2, -0.15) is 0 Å². The summed E-state index contributed by atoms with van der Waals surface area (Å²) in [6, 6.07) is 16.7. The van der Waals surface area contributed by atoms with E-state index in [0.717, 1.165) is 5.56 Å². The first-order chi connectivity index (χ1) is 9.03. The number of benzene rings is 2. The highest BCUT2D eigenvalue weighted by Gasteiger charge is 2.06. The van der Waals surface area contributed by atoms with Crippen LogP contribution in [0.4, 0.5) is 0 Å². The Bertz CT molecular complexity index is 622. The Morgan fingerprint density at radius 3 is 2.11 bits per heavy atom. The number of hydrogen-bond donors (Lipinski definition) is 0. The topological polar surface area (TPSA) is 43.4 Å². The quantitative estimate of drug-likeness (QED) is 0.795. The second-order valence-corrected chi connectivity index (χ2v) is 6.88. The highest BCUT2D eigenvalue weighted by atomic mass is 35.7. The zero-order valence-electron chi connectivity index (χ0n) is 10.1. The van der Waals surface area contributed by atoms with Gasteiger partial charge in [-0.25, -0.2) is 8.42 Å². The van der Waals surface area contributed by atoms with Gasteiger partial charge in [0.25, 0.3) is 0 Å². The Hall–Kier alpha value is -1.52. The third-order valence-corrected chi connectivity index (χ3v) is 3.52. The SMILES string of the molecule is O=S(=O)(Cl)Cc1ccc(OCc2ccccc2)cc1. The van der Waals surface area contributed by atoms with Crippen LogP contribution in [0.3, 0.4) is 0 Å². The second kappa shape index (κ2) is 6.08. The number of rotatable bonds is 5. The molecule has 19 heavy (non-hydrogen) atoms. The molecule has 0 saturated carbocycles. The third kappa shape index (κ3) is 4.93. The Balaban J connectivity index is 1.96. The third-order valence-electron chi connectivity index (χ3n) is 2.51. The molecule has 0 spiro atoms. The lowest BCUT2D eigenvalue weighted by molar-refractivity contribution is 0.306. The van der Waals surface area contributed by atoms with Gasteiger partial charge in [-0.1, -0.05) is 42.5 Å². The Kier molecular flexibility index (Phi) is 4.45. The standard InChI is InChI=1S/C14H13ClO3S/c15-19(16,17)11-13-6-8-14(9-7-13)18-10-12-4-2-1-3-5-12/h1-9H,10-11H2. The van der Waals surface area contributed by atoms with E-state index in [1.165, 1.54) is 0 Å². The minimum absolute atomic E-state index is 0.173. The van der Waals surface area contributed by atoms with E-state index < -0.39 is 9.05 Å². The van der Waals surface area contributed by atoms with Crippen molar-refractivity contribution < 1.29 is 13.2 Å². The minimum Gasteiger partial charge on any atom is -0.489 e. The average molecular weight is 297 g/mol. The second-order valence-electron chi connectivity index (χ2n) is 4.10. The molecule has 5 heteroatoms. The van der Waals surface area contributed by atoms with Gasteiger partial charge in [0.1, 0.15) is 12.4 Å².